The number of rotatable bonds is 7. The summed E-state index contributed by atoms with van der Waals surface area (Å²) in [6.07, 6.45) is 0. The molecule has 0 aliphatic rings. The van der Waals surface area contributed by atoms with Crippen LogP contribution < -0.4 is 15.4 Å². The number of guanidine groups is 1. The summed E-state index contributed by atoms with van der Waals surface area (Å²) in [6.45, 7) is 6.46. The molecule has 132 valence electrons. The maximum absolute atomic E-state index is 5.53. The highest BCUT2D eigenvalue weighted by Gasteiger charge is 2.07. The Balaban J connectivity index is 0.00000288. The Hall–Kier alpha value is -1.28. The molecule has 1 unspecified atom stereocenters. The van der Waals surface area contributed by atoms with Crippen molar-refractivity contribution in [2.24, 2.45) is 4.99 Å². The monoisotopic (exact) mass is 459 g/mol. The molecular weight excluding hydrogens is 433 g/mol. The minimum atomic E-state index is 0. The third-order valence-electron chi connectivity index (χ3n) is 3.58. The van der Waals surface area contributed by atoms with Gasteiger partial charge >= 0.3 is 0 Å². The smallest absolute Gasteiger partial charge is 0.191 e. The summed E-state index contributed by atoms with van der Waals surface area (Å²) in [5.41, 5.74) is 2.53. The van der Waals surface area contributed by atoms with E-state index in [1.54, 1.807) is 18.4 Å². The molecule has 1 aromatic heterocycles. The van der Waals surface area contributed by atoms with E-state index < -0.39 is 0 Å². The Morgan fingerprint density at radius 3 is 2.79 bits per heavy atom. The molecule has 0 bridgehead atoms. The first-order valence-electron chi connectivity index (χ1n) is 7.91. The van der Waals surface area contributed by atoms with Crippen molar-refractivity contribution in [2.75, 3.05) is 20.2 Å². The molecule has 0 radical (unpaired) electrons. The van der Waals surface area contributed by atoms with Crippen molar-refractivity contribution in [1.82, 2.24) is 10.6 Å². The van der Waals surface area contributed by atoms with Crippen molar-refractivity contribution in [3.05, 3.63) is 52.2 Å². The normalized spacial score (nSPS) is 12.2. The summed E-state index contributed by atoms with van der Waals surface area (Å²) in [4.78, 5) is 4.28. The van der Waals surface area contributed by atoms with Gasteiger partial charge in [0.15, 0.2) is 5.96 Å². The van der Waals surface area contributed by atoms with Gasteiger partial charge in [-0.2, -0.15) is 11.3 Å². The highest BCUT2D eigenvalue weighted by Crippen LogP contribution is 2.17. The van der Waals surface area contributed by atoms with Gasteiger partial charge in [-0.1, -0.05) is 19.1 Å². The highest BCUT2D eigenvalue weighted by molar-refractivity contribution is 14.0. The highest BCUT2D eigenvalue weighted by atomic mass is 127. The van der Waals surface area contributed by atoms with Crippen molar-refractivity contribution in [1.29, 1.82) is 0 Å². The van der Waals surface area contributed by atoms with Gasteiger partial charge in [-0.15, -0.1) is 24.0 Å². The van der Waals surface area contributed by atoms with Gasteiger partial charge in [0.1, 0.15) is 5.75 Å². The molecule has 2 rings (SSSR count). The number of aliphatic imine (C=N–C) groups is 1. The summed E-state index contributed by atoms with van der Waals surface area (Å²) in [6, 6.07) is 10.3. The number of ether oxygens (including phenoxy) is 1. The van der Waals surface area contributed by atoms with Gasteiger partial charge in [-0.25, -0.2) is 0 Å². The number of halogens is 1. The number of nitrogens with one attached hydrogen (secondary N) is 2. The molecule has 1 atom stereocenters. The third kappa shape index (κ3) is 6.68. The number of thiophene rings is 1. The van der Waals surface area contributed by atoms with Gasteiger partial charge in [0.05, 0.1) is 6.61 Å². The van der Waals surface area contributed by atoms with E-state index in [4.69, 9.17) is 4.74 Å². The number of nitrogens with zero attached hydrogens (tertiary/aromatic N) is 1. The van der Waals surface area contributed by atoms with Crippen LogP contribution in [0.3, 0.4) is 0 Å². The Bertz CT molecular complexity index is 616. The Morgan fingerprint density at radius 2 is 2.12 bits per heavy atom. The minimum absolute atomic E-state index is 0. The van der Waals surface area contributed by atoms with E-state index in [-0.39, 0.29) is 24.0 Å². The molecule has 0 saturated heterocycles. The van der Waals surface area contributed by atoms with Crippen LogP contribution in [-0.2, 0) is 6.54 Å². The van der Waals surface area contributed by atoms with Crippen LogP contribution in [0.15, 0.2) is 46.1 Å². The number of hydrogen-bond acceptors (Lipinski definition) is 3. The average Bonchev–Trinajstić information content (AvgIpc) is 3.10. The van der Waals surface area contributed by atoms with E-state index in [1.807, 2.05) is 19.1 Å². The first-order chi connectivity index (χ1) is 11.2. The van der Waals surface area contributed by atoms with Gasteiger partial charge in [-0.3, -0.25) is 4.99 Å². The van der Waals surface area contributed by atoms with Gasteiger partial charge in [0.25, 0.3) is 0 Å². The fourth-order valence-electron chi connectivity index (χ4n) is 2.24. The fraction of sp³-hybridized carbons (Fsp3) is 0.389. The van der Waals surface area contributed by atoms with Gasteiger partial charge in [0.2, 0.25) is 0 Å². The van der Waals surface area contributed by atoms with Crippen molar-refractivity contribution in [2.45, 2.75) is 26.3 Å². The van der Waals surface area contributed by atoms with Crippen LogP contribution in [0.5, 0.6) is 5.75 Å². The van der Waals surface area contributed by atoms with E-state index in [0.717, 1.165) is 18.3 Å². The molecule has 0 aliphatic heterocycles. The second kappa shape index (κ2) is 11.3. The largest absolute Gasteiger partial charge is 0.494 e. The molecule has 4 nitrogen and oxygen atoms in total. The second-order valence-corrected chi connectivity index (χ2v) is 6.12. The molecule has 1 heterocycles. The number of benzene rings is 1. The summed E-state index contributed by atoms with van der Waals surface area (Å²) in [5.74, 6) is 2.18. The van der Waals surface area contributed by atoms with E-state index in [0.29, 0.717) is 19.1 Å². The van der Waals surface area contributed by atoms with Crippen molar-refractivity contribution < 1.29 is 4.74 Å². The van der Waals surface area contributed by atoms with Crippen LogP contribution >= 0.6 is 35.3 Å². The standard InChI is InChI=1S/C18H25N3OS.HI/c1-4-22-17-7-5-6-15(10-17)12-21-18(19-3)20-11-14(2)16-8-9-23-13-16;/h5-10,13-14H,4,11-12H2,1-3H3,(H2,19,20,21);1H. The quantitative estimate of drug-likeness (QED) is 0.370. The van der Waals surface area contributed by atoms with Crippen LogP contribution in [0.25, 0.3) is 0 Å². The second-order valence-electron chi connectivity index (χ2n) is 5.34. The summed E-state index contributed by atoms with van der Waals surface area (Å²) < 4.78 is 5.53. The van der Waals surface area contributed by atoms with E-state index in [1.165, 1.54) is 11.1 Å². The minimum Gasteiger partial charge on any atom is -0.494 e. The van der Waals surface area contributed by atoms with Crippen LogP contribution in [-0.4, -0.2) is 26.2 Å². The maximum Gasteiger partial charge on any atom is 0.191 e. The topological polar surface area (TPSA) is 45.6 Å². The van der Waals surface area contributed by atoms with Gasteiger partial charge < -0.3 is 15.4 Å². The predicted molar refractivity (Wildman–Crippen MR) is 114 cm³/mol. The molecule has 2 aromatic rings. The average molecular weight is 459 g/mol. The molecule has 0 aliphatic carbocycles. The zero-order chi connectivity index (χ0) is 16.5. The van der Waals surface area contributed by atoms with E-state index in [9.17, 15) is 0 Å². The summed E-state index contributed by atoms with van der Waals surface area (Å²) in [7, 11) is 1.79. The Labute approximate surface area is 165 Å². The van der Waals surface area contributed by atoms with Gasteiger partial charge in [-0.05, 0) is 52.9 Å². The lowest BCUT2D eigenvalue weighted by molar-refractivity contribution is 0.340. The van der Waals surface area contributed by atoms with Crippen LogP contribution in [0, 0.1) is 0 Å². The predicted octanol–water partition coefficient (Wildman–Crippen LogP) is 4.23. The van der Waals surface area contributed by atoms with E-state index >= 15 is 0 Å². The first kappa shape index (κ1) is 20.8. The molecule has 1 aromatic carbocycles. The molecule has 2 N–H and O–H groups in total. The molecule has 24 heavy (non-hydrogen) atoms. The summed E-state index contributed by atoms with van der Waals surface area (Å²) >= 11 is 1.74. The van der Waals surface area contributed by atoms with Crippen molar-refractivity contribution in [3.63, 3.8) is 0 Å². The molecular formula is C18H26IN3OS. The first-order valence-corrected chi connectivity index (χ1v) is 8.85. The van der Waals surface area contributed by atoms with Crippen LogP contribution in [0.4, 0.5) is 0 Å². The van der Waals surface area contributed by atoms with E-state index in [2.05, 4.69) is 51.5 Å². The number of hydrogen-bond donors (Lipinski definition) is 2. The lowest BCUT2D eigenvalue weighted by atomic mass is 10.1. The SMILES string of the molecule is CCOc1cccc(CNC(=NC)NCC(C)c2ccsc2)c1.I. The molecule has 0 amide bonds. The zero-order valence-electron chi connectivity index (χ0n) is 14.4. The molecule has 0 saturated carbocycles. The van der Waals surface area contributed by atoms with Crippen molar-refractivity contribution in [3.8, 4) is 5.75 Å². The third-order valence-corrected chi connectivity index (χ3v) is 4.28. The van der Waals surface area contributed by atoms with Crippen LogP contribution in [0.1, 0.15) is 30.9 Å². The lowest BCUT2D eigenvalue weighted by Gasteiger charge is -2.15. The lowest BCUT2D eigenvalue weighted by Crippen LogP contribution is -2.38. The van der Waals surface area contributed by atoms with Gasteiger partial charge in [0, 0.05) is 20.1 Å². The summed E-state index contributed by atoms with van der Waals surface area (Å²) in [5, 5.41) is 11.0. The maximum atomic E-state index is 5.53. The Morgan fingerprint density at radius 1 is 1.29 bits per heavy atom. The zero-order valence-corrected chi connectivity index (χ0v) is 17.6. The van der Waals surface area contributed by atoms with Crippen molar-refractivity contribution >= 4 is 41.3 Å². The molecule has 0 spiro atoms. The Kier molecular flexibility index (Phi) is 9.78. The molecule has 0 fully saturated rings. The molecule has 6 heteroatoms. The van der Waals surface area contributed by atoms with Crippen LogP contribution in [0.2, 0.25) is 0 Å². The fourth-order valence-corrected chi connectivity index (χ4v) is 3.02.